The summed E-state index contributed by atoms with van der Waals surface area (Å²) in [5, 5.41) is 6.62. The van der Waals surface area contributed by atoms with Gasteiger partial charge in [-0.2, -0.15) is 0 Å². The summed E-state index contributed by atoms with van der Waals surface area (Å²) in [6.07, 6.45) is 4.96. The van der Waals surface area contributed by atoms with Gasteiger partial charge >= 0.3 is 0 Å². The Labute approximate surface area is 207 Å². The lowest BCUT2D eigenvalue weighted by Crippen LogP contribution is -1.99. The fraction of sp³-hybridized carbons (Fsp3) is 0.300. The largest absolute Gasteiger partial charge is 0.489 e. The van der Waals surface area contributed by atoms with E-state index in [2.05, 4.69) is 85.2 Å². The van der Waals surface area contributed by atoms with Gasteiger partial charge in [-0.15, -0.1) is 11.3 Å². The van der Waals surface area contributed by atoms with Crippen LogP contribution in [0.1, 0.15) is 61.6 Å². The number of hydrogen-bond donors (Lipinski definition) is 1. The van der Waals surface area contributed by atoms with Gasteiger partial charge in [0.2, 0.25) is 0 Å². The Kier molecular flexibility index (Phi) is 8.75. The molecule has 0 saturated carbocycles. The second-order valence-electron chi connectivity index (χ2n) is 8.67. The second-order valence-corrected chi connectivity index (χ2v) is 9.62. The molecule has 0 aliphatic carbocycles. The third-order valence-corrected chi connectivity index (χ3v) is 6.90. The Bertz CT molecular complexity index is 1110. The maximum Gasteiger partial charge on any atom is 0.119 e. The average molecular weight is 471 g/mol. The molecule has 1 aromatic heterocycles. The van der Waals surface area contributed by atoms with Crippen molar-refractivity contribution in [3.8, 4) is 17.0 Å². The molecule has 34 heavy (non-hydrogen) atoms. The molecule has 4 heteroatoms. The predicted octanol–water partition coefficient (Wildman–Crippen LogP) is 8.69. The molecule has 1 N–H and O–H groups in total. The lowest BCUT2D eigenvalue weighted by atomic mass is 9.90. The van der Waals surface area contributed by atoms with Crippen LogP contribution in [-0.4, -0.2) is 4.98 Å². The molecule has 0 unspecified atom stereocenters. The minimum atomic E-state index is 0.566. The van der Waals surface area contributed by atoms with Crippen molar-refractivity contribution >= 4 is 17.0 Å². The van der Waals surface area contributed by atoms with Gasteiger partial charge in [-0.1, -0.05) is 81.3 Å². The Morgan fingerprint density at radius 3 is 2.24 bits per heavy atom. The topological polar surface area (TPSA) is 34.1 Å². The van der Waals surface area contributed by atoms with Gasteiger partial charge in [0.05, 0.1) is 12.2 Å². The highest BCUT2D eigenvalue weighted by molar-refractivity contribution is 7.09. The third-order valence-electron chi connectivity index (χ3n) is 6.05. The van der Waals surface area contributed by atoms with Crippen LogP contribution in [0.15, 0.2) is 84.2 Å². The minimum Gasteiger partial charge on any atom is -0.489 e. The van der Waals surface area contributed by atoms with E-state index in [-0.39, 0.29) is 0 Å². The molecule has 0 radical (unpaired) electrons. The van der Waals surface area contributed by atoms with Crippen LogP contribution in [0.3, 0.4) is 0 Å². The first kappa shape index (κ1) is 24.0. The number of para-hydroxylation sites is 1. The van der Waals surface area contributed by atoms with Crippen LogP contribution in [-0.2, 0) is 13.2 Å². The van der Waals surface area contributed by atoms with E-state index in [1.54, 1.807) is 11.3 Å². The van der Waals surface area contributed by atoms with Crippen molar-refractivity contribution in [2.45, 2.75) is 58.6 Å². The number of hydrogen-bond acceptors (Lipinski definition) is 4. The fourth-order valence-corrected chi connectivity index (χ4v) is 4.95. The number of nitrogens with zero attached hydrogens (tertiary/aromatic N) is 1. The Hall–Kier alpha value is -3.11. The van der Waals surface area contributed by atoms with Crippen LogP contribution in [0, 0.1) is 0 Å². The van der Waals surface area contributed by atoms with Gasteiger partial charge in [0.15, 0.2) is 0 Å². The van der Waals surface area contributed by atoms with Gasteiger partial charge in [-0.25, -0.2) is 4.98 Å². The molecule has 4 aromatic rings. The maximum atomic E-state index is 6.05. The molecule has 0 bridgehead atoms. The zero-order valence-corrected chi connectivity index (χ0v) is 21.0. The van der Waals surface area contributed by atoms with E-state index >= 15 is 0 Å². The standard InChI is InChI=1S/C30H34N2OS/c1-3-8-24(9-4-2)25-16-18-28(19-17-25)33-21-23-12-14-26(15-13-23)29-22-34-30(32-29)20-31-27-10-6-5-7-11-27/h5-7,10-19,22,24,31H,3-4,8-9,20-21H2,1-2H3. The number of ether oxygens (including phenoxy) is 1. The first-order valence-electron chi connectivity index (χ1n) is 12.3. The van der Waals surface area contributed by atoms with E-state index in [1.165, 1.54) is 31.2 Å². The van der Waals surface area contributed by atoms with Crippen LogP contribution in [0.25, 0.3) is 11.3 Å². The number of nitrogens with one attached hydrogen (secondary N) is 1. The lowest BCUT2D eigenvalue weighted by molar-refractivity contribution is 0.306. The summed E-state index contributed by atoms with van der Waals surface area (Å²) < 4.78 is 6.05. The number of benzene rings is 3. The van der Waals surface area contributed by atoms with Gasteiger partial charge in [-0.3, -0.25) is 0 Å². The van der Waals surface area contributed by atoms with Gasteiger partial charge in [-0.05, 0) is 54.2 Å². The number of anilines is 1. The first-order chi connectivity index (χ1) is 16.7. The molecular weight excluding hydrogens is 436 g/mol. The van der Waals surface area contributed by atoms with Crippen LogP contribution in [0.2, 0.25) is 0 Å². The highest BCUT2D eigenvalue weighted by atomic mass is 32.1. The van der Waals surface area contributed by atoms with Gasteiger partial charge < -0.3 is 10.1 Å². The molecule has 0 saturated heterocycles. The lowest BCUT2D eigenvalue weighted by Gasteiger charge is -2.16. The van der Waals surface area contributed by atoms with Crippen LogP contribution in [0.5, 0.6) is 5.75 Å². The highest BCUT2D eigenvalue weighted by Gasteiger charge is 2.10. The summed E-state index contributed by atoms with van der Waals surface area (Å²) in [6.45, 7) is 5.83. The van der Waals surface area contributed by atoms with Crippen LogP contribution >= 0.6 is 11.3 Å². The third kappa shape index (κ3) is 6.71. The van der Waals surface area contributed by atoms with E-state index in [1.807, 2.05) is 18.2 Å². The molecule has 0 fully saturated rings. The van der Waals surface area contributed by atoms with E-state index in [0.717, 1.165) is 39.8 Å². The Morgan fingerprint density at radius 2 is 1.56 bits per heavy atom. The summed E-state index contributed by atoms with van der Waals surface area (Å²) >= 11 is 1.69. The van der Waals surface area contributed by atoms with Gasteiger partial charge in [0.1, 0.15) is 17.4 Å². The number of rotatable bonds is 12. The fourth-order valence-electron chi connectivity index (χ4n) is 4.21. The van der Waals surface area contributed by atoms with Crippen molar-refractivity contribution in [3.63, 3.8) is 0 Å². The summed E-state index contributed by atoms with van der Waals surface area (Å²) in [5.41, 5.74) is 5.85. The van der Waals surface area contributed by atoms with Crippen molar-refractivity contribution in [3.05, 3.63) is 100 Å². The molecule has 0 atom stereocenters. The highest BCUT2D eigenvalue weighted by Crippen LogP contribution is 2.28. The van der Waals surface area contributed by atoms with E-state index < -0.39 is 0 Å². The van der Waals surface area contributed by atoms with Crippen molar-refractivity contribution in [1.29, 1.82) is 0 Å². The van der Waals surface area contributed by atoms with Gasteiger partial charge in [0, 0.05) is 16.6 Å². The molecule has 0 aliphatic heterocycles. The molecule has 176 valence electrons. The van der Waals surface area contributed by atoms with E-state index in [0.29, 0.717) is 12.5 Å². The summed E-state index contributed by atoms with van der Waals surface area (Å²) in [6, 6.07) is 27.4. The number of aromatic nitrogens is 1. The van der Waals surface area contributed by atoms with Crippen molar-refractivity contribution in [2.75, 3.05) is 5.32 Å². The molecule has 0 spiro atoms. The molecule has 0 amide bonds. The zero-order valence-electron chi connectivity index (χ0n) is 20.2. The molecule has 0 aliphatic rings. The molecule has 1 heterocycles. The smallest absolute Gasteiger partial charge is 0.119 e. The maximum absolute atomic E-state index is 6.05. The molecular formula is C30H34N2OS. The number of thiazole rings is 1. The summed E-state index contributed by atoms with van der Waals surface area (Å²) in [4.78, 5) is 4.79. The molecule has 3 aromatic carbocycles. The summed E-state index contributed by atoms with van der Waals surface area (Å²) in [7, 11) is 0. The van der Waals surface area contributed by atoms with Gasteiger partial charge in [0.25, 0.3) is 0 Å². The van der Waals surface area contributed by atoms with Crippen molar-refractivity contribution in [2.24, 2.45) is 0 Å². The minimum absolute atomic E-state index is 0.566. The normalized spacial score (nSPS) is 11.0. The average Bonchev–Trinajstić information content (AvgIpc) is 3.37. The molecule has 3 nitrogen and oxygen atoms in total. The second kappa shape index (κ2) is 12.4. The van der Waals surface area contributed by atoms with E-state index in [9.17, 15) is 0 Å². The SMILES string of the molecule is CCCC(CCC)c1ccc(OCc2ccc(-c3csc(CNc4ccccc4)n3)cc2)cc1. The Balaban J connectivity index is 1.30. The molecule has 4 rings (SSSR count). The Morgan fingerprint density at radius 1 is 0.853 bits per heavy atom. The van der Waals surface area contributed by atoms with Crippen molar-refractivity contribution in [1.82, 2.24) is 4.98 Å². The first-order valence-corrected chi connectivity index (χ1v) is 13.2. The summed E-state index contributed by atoms with van der Waals surface area (Å²) in [5.74, 6) is 1.59. The monoisotopic (exact) mass is 470 g/mol. The predicted molar refractivity (Wildman–Crippen MR) is 145 cm³/mol. The van der Waals surface area contributed by atoms with Crippen LogP contribution < -0.4 is 10.1 Å². The van der Waals surface area contributed by atoms with E-state index in [4.69, 9.17) is 9.72 Å². The van der Waals surface area contributed by atoms with Crippen LogP contribution in [0.4, 0.5) is 5.69 Å². The zero-order chi connectivity index (χ0) is 23.6. The quantitative estimate of drug-likeness (QED) is 0.225. The van der Waals surface area contributed by atoms with Crippen molar-refractivity contribution < 1.29 is 4.74 Å².